The highest BCUT2D eigenvalue weighted by Crippen LogP contribution is 2.43. The van der Waals surface area contributed by atoms with Gasteiger partial charge in [-0.3, -0.25) is 0 Å². The second kappa shape index (κ2) is 25.6. The molecule has 0 saturated heterocycles. The smallest absolute Gasteiger partial charge is 0.323 e. The number of amides is 8. The number of fused-ring (bicyclic) bond motifs is 8. The molecule has 3 aromatic heterocycles. The van der Waals surface area contributed by atoms with Gasteiger partial charge in [0.2, 0.25) is 0 Å². The monoisotopic (exact) mass is 1210 g/mol. The van der Waals surface area contributed by atoms with Crippen molar-refractivity contribution in [2.24, 2.45) is 0 Å². The lowest BCUT2D eigenvalue weighted by atomic mass is 10.0. The Bertz CT molecular complexity index is 4320. The van der Waals surface area contributed by atoms with Crippen LogP contribution < -0.4 is 42.5 Å². The van der Waals surface area contributed by atoms with Crippen LogP contribution in [0.4, 0.5) is 64.7 Å². The van der Waals surface area contributed by atoms with Gasteiger partial charge in [-0.1, -0.05) is 144 Å². The van der Waals surface area contributed by atoms with Crippen LogP contribution in [0, 0.1) is 27.7 Å². The quantitative estimate of drug-likeness (QED) is 0.0573. The van der Waals surface area contributed by atoms with Crippen molar-refractivity contribution >= 4 is 116 Å². The maximum atomic E-state index is 14.1. The lowest BCUT2D eigenvalue weighted by molar-refractivity contribution is 0.261. The Kier molecular flexibility index (Phi) is 16.3. The van der Waals surface area contributed by atoms with Crippen LogP contribution in [0.1, 0.15) is 45.0 Å². The molecule has 0 radical (unpaired) electrons. The van der Waals surface area contributed by atoms with Gasteiger partial charge >= 0.3 is 24.1 Å². The molecule has 92 heavy (non-hydrogen) atoms. The summed E-state index contributed by atoms with van der Waals surface area (Å²) in [6.45, 7) is 7.95. The topological polar surface area (TPSA) is 222 Å². The molecule has 0 atom stereocenters. The standard InChI is InChI=1S/C76H62N12O4/c1-45-21-29-49(30-22-45)77-73(89)85-57-17-9-5-13-53(57)69-61-37-39-63(81-61)70(54-14-6-10-18-58(54)86-74(90)78-50-31-23-46(2)24-32-50)65-41-43-67(83-65)72(56-16-8-12-20-60(56)88-76(92)80-52-35-27-48(4)28-36-52)68-44-42-66(84-68)71(64-40-38-62(69)82-64)55-15-7-11-19-59(55)87-75(91)79-51-33-25-47(3)26-34-51/h5-44,81,84H,1-4H3,(H2,77,85,89)(H2,78,86,90)(H2,79,87,91)(H2,80,88,92). The molecule has 16 nitrogen and oxygen atoms in total. The summed E-state index contributed by atoms with van der Waals surface area (Å²) >= 11 is 0. The summed E-state index contributed by atoms with van der Waals surface area (Å²) in [4.78, 5) is 74.9. The largest absolute Gasteiger partial charge is 0.354 e. The van der Waals surface area contributed by atoms with Gasteiger partial charge in [-0.2, -0.15) is 0 Å². The molecule has 16 heteroatoms. The van der Waals surface area contributed by atoms with Gasteiger partial charge in [0.05, 0.1) is 45.5 Å². The Hall–Kier alpha value is -12.6. The van der Waals surface area contributed by atoms with Crippen LogP contribution in [0.3, 0.4) is 0 Å². The van der Waals surface area contributed by atoms with Crippen molar-refractivity contribution in [2.75, 3.05) is 42.5 Å². The SMILES string of the molecule is Cc1ccc(NC(=O)Nc2ccccc2-c2c3nc(c(-c4ccccc4NC(=O)Nc4ccc(C)cc4)c4ccc([nH]4)c(-c4ccccc4NC(=O)Nc4ccc(C)cc4)c4nc(c(-c5ccccc5NC(=O)Nc5ccc(C)cc5)c5ccc2[nH]5)C=C4)C=C3)cc1. The summed E-state index contributed by atoms with van der Waals surface area (Å²) in [5, 5.41) is 24.5. The second-order valence-electron chi connectivity index (χ2n) is 22.5. The molecule has 2 aliphatic rings. The van der Waals surface area contributed by atoms with Crippen molar-refractivity contribution in [3.63, 3.8) is 0 Å². The number of hydrogen-bond acceptors (Lipinski definition) is 6. The van der Waals surface area contributed by atoms with Gasteiger partial charge in [0.1, 0.15) is 0 Å². The number of nitrogens with one attached hydrogen (secondary N) is 10. The number of urea groups is 4. The van der Waals surface area contributed by atoms with Crippen LogP contribution in [-0.4, -0.2) is 44.1 Å². The number of hydrogen-bond donors (Lipinski definition) is 10. The van der Waals surface area contributed by atoms with E-state index in [-0.39, 0.29) is 0 Å². The molecule has 2 aliphatic heterocycles. The number of carbonyl (C=O) groups is 4. The van der Waals surface area contributed by atoms with E-state index in [1.165, 1.54) is 0 Å². The van der Waals surface area contributed by atoms with E-state index in [1.54, 1.807) is 0 Å². The fourth-order valence-corrected chi connectivity index (χ4v) is 11.3. The normalized spacial score (nSPS) is 11.3. The summed E-state index contributed by atoms with van der Waals surface area (Å²) in [7, 11) is 0. The van der Waals surface area contributed by atoms with Gasteiger partial charge < -0.3 is 52.5 Å². The fourth-order valence-electron chi connectivity index (χ4n) is 11.3. The van der Waals surface area contributed by atoms with Gasteiger partial charge in [-0.05, 0) is 149 Å². The van der Waals surface area contributed by atoms with E-state index in [2.05, 4.69) is 52.5 Å². The minimum absolute atomic E-state index is 0.448. The Balaban J connectivity index is 1.07. The maximum absolute atomic E-state index is 14.1. The third-order valence-electron chi connectivity index (χ3n) is 15.8. The van der Waals surface area contributed by atoms with Crippen molar-refractivity contribution in [1.82, 2.24) is 19.9 Å². The number of aromatic amines is 2. The van der Waals surface area contributed by atoms with Crippen molar-refractivity contribution < 1.29 is 19.2 Å². The van der Waals surface area contributed by atoms with E-state index in [4.69, 9.17) is 9.97 Å². The summed E-state index contributed by atoms with van der Waals surface area (Å²) in [6, 6.07) is 66.6. The molecule has 8 amide bonds. The summed E-state index contributed by atoms with van der Waals surface area (Å²) < 4.78 is 0. The summed E-state index contributed by atoms with van der Waals surface area (Å²) in [6.07, 6.45) is 7.77. The van der Waals surface area contributed by atoms with Gasteiger partial charge in [-0.15, -0.1) is 0 Å². The summed E-state index contributed by atoms with van der Waals surface area (Å²) in [5.41, 5.74) is 18.6. The highest BCUT2D eigenvalue weighted by Gasteiger charge is 2.24. The molecular weight excluding hydrogens is 1140 g/mol. The molecule has 10 N–H and O–H groups in total. The number of carbonyl (C=O) groups excluding carboxylic acids is 4. The average molecular weight is 1210 g/mol. The fraction of sp³-hybridized carbons (Fsp3) is 0.0526. The molecule has 0 unspecified atom stereocenters. The first kappa shape index (κ1) is 58.5. The highest BCUT2D eigenvalue weighted by atomic mass is 16.2. The van der Waals surface area contributed by atoms with Crippen LogP contribution in [0.15, 0.2) is 218 Å². The molecule has 450 valence electrons. The molecule has 0 spiro atoms. The predicted molar refractivity (Wildman–Crippen MR) is 376 cm³/mol. The predicted octanol–water partition coefficient (Wildman–Crippen LogP) is 19.1. The zero-order valence-electron chi connectivity index (χ0n) is 50.6. The number of para-hydroxylation sites is 4. The zero-order valence-corrected chi connectivity index (χ0v) is 50.6. The number of anilines is 8. The molecule has 8 aromatic carbocycles. The Morgan fingerprint density at radius 1 is 0.261 bits per heavy atom. The number of H-pyrrole nitrogens is 2. The van der Waals surface area contributed by atoms with E-state index in [0.29, 0.717) is 135 Å². The minimum Gasteiger partial charge on any atom is -0.354 e. The zero-order chi connectivity index (χ0) is 63.2. The lowest BCUT2D eigenvalue weighted by Gasteiger charge is -2.15. The minimum atomic E-state index is -0.448. The average Bonchev–Trinajstić information content (AvgIpc) is 1.61. The van der Waals surface area contributed by atoms with E-state index in [9.17, 15) is 19.2 Å². The van der Waals surface area contributed by atoms with E-state index >= 15 is 0 Å². The molecule has 0 fully saturated rings. The second-order valence-corrected chi connectivity index (χ2v) is 22.5. The van der Waals surface area contributed by atoms with Gasteiger partial charge in [-0.25, -0.2) is 29.1 Å². The van der Waals surface area contributed by atoms with Gasteiger partial charge in [0, 0.05) is 89.3 Å². The Morgan fingerprint density at radius 3 is 0.685 bits per heavy atom. The van der Waals surface area contributed by atoms with E-state index in [0.717, 1.165) is 22.3 Å². The van der Waals surface area contributed by atoms with Gasteiger partial charge in [0.25, 0.3) is 0 Å². The van der Waals surface area contributed by atoms with E-state index in [1.807, 2.05) is 270 Å². The van der Waals surface area contributed by atoms with Crippen LogP contribution in [0.2, 0.25) is 0 Å². The lowest BCUT2D eigenvalue weighted by Crippen LogP contribution is -2.19. The number of rotatable bonds is 12. The maximum Gasteiger partial charge on any atom is 0.323 e. The molecule has 5 heterocycles. The van der Waals surface area contributed by atoms with Crippen molar-refractivity contribution in [1.29, 1.82) is 0 Å². The number of aryl methyl sites for hydroxylation is 4. The first-order valence-corrected chi connectivity index (χ1v) is 29.9. The molecule has 8 bridgehead atoms. The van der Waals surface area contributed by atoms with Crippen molar-refractivity contribution in [2.45, 2.75) is 27.7 Å². The van der Waals surface area contributed by atoms with E-state index < -0.39 is 24.1 Å². The van der Waals surface area contributed by atoms with Crippen LogP contribution in [-0.2, 0) is 0 Å². The molecule has 11 aromatic rings. The number of nitrogens with zero attached hydrogens (tertiary/aromatic N) is 2. The molecule has 0 saturated carbocycles. The van der Waals surface area contributed by atoms with Crippen molar-refractivity contribution in [3.05, 3.63) is 263 Å². The first-order valence-electron chi connectivity index (χ1n) is 29.9. The summed E-state index contributed by atoms with van der Waals surface area (Å²) in [5.74, 6) is 0. The Morgan fingerprint density at radius 2 is 0.467 bits per heavy atom. The van der Waals surface area contributed by atoms with Crippen LogP contribution in [0.5, 0.6) is 0 Å². The highest BCUT2D eigenvalue weighted by molar-refractivity contribution is 6.10. The molecule has 13 rings (SSSR count). The molecule has 0 aliphatic carbocycles. The van der Waals surface area contributed by atoms with Gasteiger partial charge in [0.15, 0.2) is 0 Å². The first-order chi connectivity index (χ1) is 44.8. The van der Waals surface area contributed by atoms with Crippen LogP contribution in [0.25, 0.3) is 90.9 Å². The Labute approximate surface area is 530 Å². The number of aromatic nitrogens is 4. The molecular formula is C76H62N12O4. The van der Waals surface area contributed by atoms with Crippen molar-refractivity contribution in [3.8, 4) is 44.5 Å². The third kappa shape index (κ3) is 12.9. The third-order valence-corrected chi connectivity index (χ3v) is 15.8. The van der Waals surface area contributed by atoms with Crippen LogP contribution >= 0.6 is 0 Å². The number of benzene rings is 8.